The lowest BCUT2D eigenvalue weighted by atomic mass is 10.0. The minimum atomic E-state index is -4.35. The highest BCUT2D eigenvalue weighted by Crippen LogP contribution is 2.32. The number of hydrogen-bond acceptors (Lipinski definition) is 4. The molecule has 2 aliphatic heterocycles. The summed E-state index contributed by atoms with van der Waals surface area (Å²) < 4.78 is 39.0. The lowest BCUT2D eigenvalue weighted by Gasteiger charge is -2.38. The Morgan fingerprint density at radius 3 is 2.41 bits per heavy atom. The molecule has 168 valence electrons. The first kappa shape index (κ1) is 22.1. The molecule has 8 heteroatoms. The number of rotatable bonds is 4. The van der Waals surface area contributed by atoms with E-state index in [1.54, 1.807) is 6.07 Å². The van der Waals surface area contributed by atoms with E-state index >= 15 is 0 Å². The molecule has 2 aromatic carbocycles. The van der Waals surface area contributed by atoms with Crippen molar-refractivity contribution in [2.45, 2.75) is 19.5 Å². The smallest absolute Gasteiger partial charge is 0.369 e. The Morgan fingerprint density at radius 2 is 1.72 bits per heavy atom. The highest BCUT2D eigenvalue weighted by atomic mass is 19.4. The number of hydrogen-bond donors (Lipinski definition) is 0. The number of piperazine rings is 1. The first-order valence-electron chi connectivity index (χ1n) is 10.6. The van der Waals surface area contributed by atoms with Crippen molar-refractivity contribution in [2.24, 2.45) is 5.10 Å². The van der Waals surface area contributed by atoms with Gasteiger partial charge >= 0.3 is 6.18 Å². The fourth-order valence-electron chi connectivity index (χ4n) is 3.92. The van der Waals surface area contributed by atoms with Gasteiger partial charge in [-0.1, -0.05) is 36.4 Å². The molecule has 1 amide bonds. The van der Waals surface area contributed by atoms with E-state index in [0.29, 0.717) is 45.0 Å². The van der Waals surface area contributed by atoms with E-state index in [0.717, 1.165) is 22.9 Å². The van der Waals surface area contributed by atoms with Crippen molar-refractivity contribution in [3.05, 3.63) is 71.3 Å². The molecule has 0 saturated carbocycles. The number of benzene rings is 2. The zero-order chi connectivity index (χ0) is 22.7. The second-order valence-corrected chi connectivity index (χ2v) is 8.03. The molecule has 0 bridgehead atoms. The zero-order valence-electron chi connectivity index (χ0n) is 17.8. The summed E-state index contributed by atoms with van der Waals surface area (Å²) in [6, 6.07) is 15.2. The average molecular weight is 442 g/mol. The van der Waals surface area contributed by atoms with Gasteiger partial charge in [0, 0.05) is 31.9 Å². The van der Waals surface area contributed by atoms with Crippen molar-refractivity contribution >= 4 is 23.4 Å². The van der Waals surface area contributed by atoms with Gasteiger partial charge in [-0.25, -0.2) is 5.01 Å². The Labute approximate surface area is 185 Å². The van der Waals surface area contributed by atoms with Gasteiger partial charge in [0.25, 0.3) is 0 Å². The fourth-order valence-corrected chi connectivity index (χ4v) is 3.92. The molecule has 0 N–H and O–H groups in total. The summed E-state index contributed by atoms with van der Waals surface area (Å²) in [4.78, 5) is 16.7. The third-order valence-corrected chi connectivity index (χ3v) is 5.75. The van der Waals surface area contributed by atoms with E-state index in [-0.39, 0.29) is 5.91 Å². The van der Waals surface area contributed by atoms with Gasteiger partial charge in [-0.15, -0.1) is 0 Å². The van der Waals surface area contributed by atoms with Gasteiger partial charge in [0.1, 0.15) is 0 Å². The van der Waals surface area contributed by atoms with Crippen molar-refractivity contribution in [1.29, 1.82) is 0 Å². The van der Waals surface area contributed by atoms with Gasteiger partial charge in [0.05, 0.1) is 24.4 Å². The predicted octanol–water partition coefficient (Wildman–Crippen LogP) is 4.48. The van der Waals surface area contributed by atoms with E-state index < -0.39 is 11.7 Å². The molecule has 0 spiro atoms. The second-order valence-electron chi connectivity index (χ2n) is 8.03. The Morgan fingerprint density at radius 1 is 1.00 bits per heavy atom. The summed E-state index contributed by atoms with van der Waals surface area (Å²) in [6.07, 6.45) is -2.06. The normalized spacial score (nSPS) is 19.4. The summed E-state index contributed by atoms with van der Waals surface area (Å²) in [5, 5.41) is 6.00. The number of alkyl halides is 3. The van der Waals surface area contributed by atoms with Gasteiger partial charge in [0.2, 0.25) is 5.91 Å². The van der Waals surface area contributed by atoms with Crippen LogP contribution in [0.2, 0.25) is 0 Å². The van der Waals surface area contributed by atoms with Crippen LogP contribution in [0, 0.1) is 0 Å². The molecule has 1 saturated heterocycles. The first-order chi connectivity index (χ1) is 15.3. The van der Waals surface area contributed by atoms with E-state index in [1.165, 1.54) is 17.1 Å². The minimum Gasteiger partial charge on any atom is -0.369 e. The number of nitrogens with zero attached hydrogens (tertiary/aromatic N) is 4. The standard InChI is InChI=1S/C24H25F3N4O/c1-18-20(14-19-6-3-2-4-7-19)15-23(32)31(28-18)17-29-10-12-30(13-11-29)22-9-5-8-21(16-22)24(25,26)27/h2-9,14,16H,10-13,15,17H2,1H3/b20-14-. The van der Waals surface area contributed by atoms with Crippen LogP contribution in [0.1, 0.15) is 24.5 Å². The van der Waals surface area contributed by atoms with Gasteiger partial charge in [-0.05, 0) is 42.3 Å². The third-order valence-electron chi connectivity index (χ3n) is 5.75. The highest BCUT2D eigenvalue weighted by Gasteiger charge is 2.31. The summed E-state index contributed by atoms with van der Waals surface area (Å²) in [5.74, 6) is -0.0573. The summed E-state index contributed by atoms with van der Waals surface area (Å²) in [7, 11) is 0. The number of carbonyl (C=O) groups excluding carboxylic acids is 1. The molecule has 0 aliphatic carbocycles. The average Bonchev–Trinajstić information content (AvgIpc) is 2.78. The molecule has 32 heavy (non-hydrogen) atoms. The van der Waals surface area contributed by atoms with E-state index in [2.05, 4.69) is 10.0 Å². The quantitative estimate of drug-likeness (QED) is 0.701. The van der Waals surface area contributed by atoms with Gasteiger partial charge in [-0.2, -0.15) is 18.3 Å². The number of carbonyl (C=O) groups is 1. The van der Waals surface area contributed by atoms with Crippen molar-refractivity contribution in [1.82, 2.24) is 9.91 Å². The van der Waals surface area contributed by atoms with Crippen LogP contribution in [0.4, 0.5) is 18.9 Å². The number of anilines is 1. The Hall–Kier alpha value is -3.13. The molecular weight excluding hydrogens is 417 g/mol. The molecule has 5 nitrogen and oxygen atoms in total. The molecule has 0 atom stereocenters. The van der Waals surface area contributed by atoms with Crippen LogP contribution < -0.4 is 4.90 Å². The summed E-state index contributed by atoms with van der Waals surface area (Å²) >= 11 is 0. The van der Waals surface area contributed by atoms with Crippen molar-refractivity contribution in [3.63, 3.8) is 0 Å². The second kappa shape index (κ2) is 9.16. The van der Waals surface area contributed by atoms with E-state index in [4.69, 9.17) is 0 Å². The molecule has 4 rings (SSSR count). The van der Waals surface area contributed by atoms with Crippen LogP contribution >= 0.6 is 0 Å². The molecule has 2 heterocycles. The minimum absolute atomic E-state index is 0.0573. The van der Waals surface area contributed by atoms with Crippen molar-refractivity contribution in [3.8, 4) is 0 Å². The molecule has 2 aliphatic rings. The molecule has 0 radical (unpaired) electrons. The first-order valence-corrected chi connectivity index (χ1v) is 10.6. The van der Waals surface area contributed by atoms with Crippen LogP contribution in [0.5, 0.6) is 0 Å². The molecule has 0 aromatic heterocycles. The highest BCUT2D eigenvalue weighted by molar-refractivity contribution is 6.08. The monoisotopic (exact) mass is 442 g/mol. The Kier molecular flexibility index (Phi) is 6.32. The zero-order valence-corrected chi connectivity index (χ0v) is 17.8. The van der Waals surface area contributed by atoms with Crippen LogP contribution in [0.15, 0.2) is 65.3 Å². The van der Waals surface area contributed by atoms with E-state index in [9.17, 15) is 18.0 Å². The fraction of sp³-hybridized carbons (Fsp3) is 0.333. The Balaban J connectivity index is 1.36. The summed E-state index contributed by atoms with van der Waals surface area (Å²) in [6.45, 7) is 4.74. The van der Waals surface area contributed by atoms with Crippen LogP contribution in [-0.2, 0) is 11.0 Å². The van der Waals surface area contributed by atoms with Gasteiger partial charge in [0.15, 0.2) is 0 Å². The topological polar surface area (TPSA) is 39.1 Å². The maximum Gasteiger partial charge on any atom is 0.416 e. The maximum absolute atomic E-state index is 13.0. The predicted molar refractivity (Wildman–Crippen MR) is 119 cm³/mol. The summed E-state index contributed by atoms with van der Waals surface area (Å²) in [5.41, 5.74) is 2.69. The van der Waals surface area contributed by atoms with Gasteiger partial charge < -0.3 is 4.90 Å². The maximum atomic E-state index is 13.0. The van der Waals surface area contributed by atoms with Crippen LogP contribution in [0.25, 0.3) is 6.08 Å². The molecular formula is C24H25F3N4O. The van der Waals surface area contributed by atoms with Crippen molar-refractivity contribution < 1.29 is 18.0 Å². The molecule has 2 aromatic rings. The van der Waals surface area contributed by atoms with Crippen molar-refractivity contribution in [2.75, 3.05) is 37.7 Å². The lowest BCUT2D eigenvalue weighted by molar-refractivity contribution is -0.137. The SMILES string of the molecule is CC1=NN(CN2CCN(c3cccc(C(F)(F)F)c3)CC2)C(=O)C/C1=C/c1ccccc1. The molecule has 1 fully saturated rings. The van der Waals surface area contributed by atoms with E-state index in [1.807, 2.05) is 48.2 Å². The van der Waals surface area contributed by atoms with Crippen LogP contribution in [-0.4, -0.2) is 54.4 Å². The van der Waals surface area contributed by atoms with Crippen LogP contribution in [0.3, 0.4) is 0 Å². The lowest BCUT2D eigenvalue weighted by Crippen LogP contribution is -2.50. The number of amides is 1. The largest absolute Gasteiger partial charge is 0.416 e. The Bertz CT molecular complexity index is 1030. The number of hydrazone groups is 1. The molecule has 0 unspecified atom stereocenters. The van der Waals surface area contributed by atoms with Gasteiger partial charge in [-0.3, -0.25) is 9.69 Å². The third kappa shape index (κ3) is 5.19. The number of halogens is 3.